The minimum atomic E-state index is 0.0607. The van der Waals surface area contributed by atoms with Gasteiger partial charge in [0.1, 0.15) is 0 Å². The van der Waals surface area contributed by atoms with Crippen molar-refractivity contribution in [1.29, 1.82) is 0 Å². The Kier molecular flexibility index (Phi) is 6.59. The molecule has 0 unspecified atom stereocenters. The lowest BCUT2D eigenvalue weighted by Crippen LogP contribution is -2.30. The summed E-state index contributed by atoms with van der Waals surface area (Å²) in [7, 11) is 3.69. The van der Waals surface area contributed by atoms with Crippen LogP contribution in [0, 0.1) is 13.8 Å². The lowest BCUT2D eigenvalue weighted by molar-refractivity contribution is -0.121. The minimum absolute atomic E-state index is 0.0607. The third kappa shape index (κ3) is 5.04. The number of carbonyl (C=O) groups excluding carboxylic acids is 1. The number of carbonyl (C=O) groups is 1. The van der Waals surface area contributed by atoms with Crippen molar-refractivity contribution in [3.8, 4) is 0 Å². The molecule has 0 aliphatic carbocycles. The molecular formula is C14H25N3O2. The fourth-order valence-electron chi connectivity index (χ4n) is 1.92. The Hall–Kier alpha value is -1.33. The van der Waals surface area contributed by atoms with E-state index in [1.165, 1.54) is 17.0 Å². The van der Waals surface area contributed by atoms with Crippen LogP contribution < -0.4 is 10.6 Å². The van der Waals surface area contributed by atoms with Gasteiger partial charge in [-0.3, -0.25) is 4.79 Å². The molecule has 1 aromatic heterocycles. The van der Waals surface area contributed by atoms with E-state index in [9.17, 15) is 4.79 Å². The third-order valence-corrected chi connectivity index (χ3v) is 3.35. The van der Waals surface area contributed by atoms with Gasteiger partial charge in [-0.15, -0.1) is 0 Å². The number of rotatable bonds is 8. The summed E-state index contributed by atoms with van der Waals surface area (Å²) >= 11 is 0. The van der Waals surface area contributed by atoms with Crippen LogP contribution >= 0.6 is 0 Å². The zero-order chi connectivity index (χ0) is 14.3. The van der Waals surface area contributed by atoms with Gasteiger partial charge in [0.25, 0.3) is 0 Å². The predicted molar refractivity (Wildman–Crippen MR) is 76.1 cm³/mol. The highest BCUT2D eigenvalue weighted by Crippen LogP contribution is 2.12. The average Bonchev–Trinajstić information content (AvgIpc) is 2.63. The van der Waals surface area contributed by atoms with Crippen LogP contribution in [-0.4, -0.2) is 37.3 Å². The fourth-order valence-corrected chi connectivity index (χ4v) is 1.92. The predicted octanol–water partition coefficient (Wildman–Crippen LogP) is 0.884. The van der Waals surface area contributed by atoms with Crippen LogP contribution in [-0.2, 0) is 23.1 Å². The number of ether oxygens (including phenoxy) is 1. The molecule has 0 aromatic carbocycles. The molecule has 5 nitrogen and oxygen atoms in total. The van der Waals surface area contributed by atoms with Crippen molar-refractivity contribution >= 4 is 5.91 Å². The number of methoxy groups -OCH3 is 1. The smallest absolute Gasteiger partial charge is 0.221 e. The van der Waals surface area contributed by atoms with Crippen LogP contribution in [0.1, 0.15) is 23.4 Å². The number of hydrogen-bond donors (Lipinski definition) is 2. The number of hydrogen-bond acceptors (Lipinski definition) is 3. The van der Waals surface area contributed by atoms with Gasteiger partial charge in [-0.1, -0.05) is 0 Å². The van der Waals surface area contributed by atoms with E-state index >= 15 is 0 Å². The van der Waals surface area contributed by atoms with E-state index in [0.717, 1.165) is 6.54 Å². The first-order chi connectivity index (χ1) is 9.06. The number of amides is 1. The Morgan fingerprint density at radius 2 is 2.11 bits per heavy atom. The Labute approximate surface area is 115 Å². The highest BCUT2D eigenvalue weighted by Gasteiger charge is 2.05. The molecule has 0 spiro atoms. The summed E-state index contributed by atoms with van der Waals surface area (Å²) in [4.78, 5) is 11.4. The molecule has 19 heavy (non-hydrogen) atoms. The molecule has 1 amide bonds. The molecule has 2 N–H and O–H groups in total. The first-order valence-electron chi connectivity index (χ1n) is 6.64. The van der Waals surface area contributed by atoms with Crippen molar-refractivity contribution < 1.29 is 9.53 Å². The Balaban J connectivity index is 2.20. The maximum atomic E-state index is 11.4. The van der Waals surface area contributed by atoms with Crippen molar-refractivity contribution in [2.45, 2.75) is 26.8 Å². The first-order valence-corrected chi connectivity index (χ1v) is 6.64. The monoisotopic (exact) mass is 267 g/mol. The van der Waals surface area contributed by atoms with E-state index in [4.69, 9.17) is 4.74 Å². The van der Waals surface area contributed by atoms with Crippen molar-refractivity contribution in [3.63, 3.8) is 0 Å². The van der Waals surface area contributed by atoms with Gasteiger partial charge in [0.15, 0.2) is 0 Å². The zero-order valence-corrected chi connectivity index (χ0v) is 12.4. The van der Waals surface area contributed by atoms with Crippen molar-refractivity contribution in [2.24, 2.45) is 7.05 Å². The van der Waals surface area contributed by atoms with Gasteiger partial charge in [0, 0.05) is 51.6 Å². The summed E-state index contributed by atoms with van der Waals surface area (Å²) in [5.74, 6) is 0.0607. The molecule has 0 atom stereocenters. The first kappa shape index (κ1) is 15.7. The van der Waals surface area contributed by atoms with Crippen molar-refractivity contribution in [2.75, 3.05) is 26.8 Å². The third-order valence-electron chi connectivity index (χ3n) is 3.35. The quantitative estimate of drug-likeness (QED) is 0.688. The fraction of sp³-hybridized carbons (Fsp3) is 0.643. The maximum Gasteiger partial charge on any atom is 0.221 e. The highest BCUT2D eigenvalue weighted by atomic mass is 16.5. The SMILES string of the molecule is COCCNC(=O)CCNCc1cc(C)n(C)c1C. The molecule has 0 saturated heterocycles. The van der Waals surface area contributed by atoms with Gasteiger partial charge in [0.2, 0.25) is 5.91 Å². The number of aromatic nitrogens is 1. The molecule has 0 aliphatic heterocycles. The average molecular weight is 267 g/mol. The Morgan fingerprint density at radius 3 is 2.68 bits per heavy atom. The van der Waals surface area contributed by atoms with Gasteiger partial charge in [-0.2, -0.15) is 0 Å². The Morgan fingerprint density at radius 1 is 1.37 bits per heavy atom. The van der Waals surface area contributed by atoms with Crippen LogP contribution in [0.5, 0.6) is 0 Å². The lowest BCUT2D eigenvalue weighted by Gasteiger charge is -2.06. The topological polar surface area (TPSA) is 55.3 Å². The molecule has 0 saturated carbocycles. The van der Waals surface area contributed by atoms with E-state index in [1.54, 1.807) is 7.11 Å². The second kappa shape index (κ2) is 7.96. The zero-order valence-electron chi connectivity index (χ0n) is 12.4. The van der Waals surface area contributed by atoms with Crippen molar-refractivity contribution in [3.05, 3.63) is 23.0 Å². The van der Waals surface area contributed by atoms with Gasteiger partial charge in [-0.05, 0) is 25.5 Å². The summed E-state index contributed by atoms with van der Waals surface area (Å²) in [5.41, 5.74) is 3.82. The van der Waals surface area contributed by atoms with E-state index < -0.39 is 0 Å². The number of nitrogens with zero attached hydrogens (tertiary/aromatic N) is 1. The molecule has 5 heteroatoms. The summed E-state index contributed by atoms with van der Waals surface area (Å²) in [6.07, 6.45) is 0.495. The lowest BCUT2D eigenvalue weighted by atomic mass is 10.2. The summed E-state index contributed by atoms with van der Waals surface area (Å²) in [6, 6.07) is 2.18. The van der Waals surface area contributed by atoms with Gasteiger partial charge >= 0.3 is 0 Å². The normalized spacial score (nSPS) is 10.7. The molecule has 0 aliphatic rings. The van der Waals surface area contributed by atoms with Gasteiger partial charge in [0.05, 0.1) is 6.61 Å². The minimum Gasteiger partial charge on any atom is -0.383 e. The Bertz CT molecular complexity index is 413. The van der Waals surface area contributed by atoms with Crippen LogP contribution in [0.3, 0.4) is 0 Å². The van der Waals surface area contributed by atoms with Crippen LogP contribution in [0.2, 0.25) is 0 Å². The molecule has 1 rings (SSSR count). The van der Waals surface area contributed by atoms with Crippen molar-refractivity contribution in [1.82, 2.24) is 15.2 Å². The standard InChI is InChI=1S/C14H25N3O2/c1-11-9-13(12(2)17(11)3)10-15-6-5-14(18)16-7-8-19-4/h9,15H,5-8,10H2,1-4H3,(H,16,18). The van der Waals surface area contributed by atoms with E-state index in [2.05, 4.69) is 42.2 Å². The largest absolute Gasteiger partial charge is 0.383 e. The molecule has 1 aromatic rings. The number of aryl methyl sites for hydroxylation is 1. The molecular weight excluding hydrogens is 242 g/mol. The van der Waals surface area contributed by atoms with Crippen LogP contribution in [0.25, 0.3) is 0 Å². The van der Waals surface area contributed by atoms with Gasteiger partial charge in [-0.25, -0.2) is 0 Å². The highest BCUT2D eigenvalue weighted by molar-refractivity contribution is 5.76. The van der Waals surface area contributed by atoms with Crippen LogP contribution in [0.4, 0.5) is 0 Å². The second-order valence-electron chi connectivity index (χ2n) is 4.72. The molecule has 0 fully saturated rings. The summed E-state index contributed by atoms with van der Waals surface area (Å²) in [6.45, 7) is 6.83. The number of nitrogens with one attached hydrogen (secondary N) is 2. The maximum absolute atomic E-state index is 11.4. The van der Waals surface area contributed by atoms with Gasteiger partial charge < -0.3 is 19.9 Å². The molecule has 108 valence electrons. The van der Waals surface area contributed by atoms with E-state index in [1.807, 2.05) is 0 Å². The summed E-state index contributed by atoms with van der Waals surface area (Å²) < 4.78 is 7.04. The second-order valence-corrected chi connectivity index (χ2v) is 4.72. The van der Waals surface area contributed by atoms with Crippen LogP contribution in [0.15, 0.2) is 6.07 Å². The molecule has 0 radical (unpaired) electrons. The molecule has 1 heterocycles. The molecule has 0 bridgehead atoms. The van der Waals surface area contributed by atoms with E-state index in [0.29, 0.717) is 26.1 Å². The summed E-state index contributed by atoms with van der Waals surface area (Å²) in [5, 5.41) is 6.10. The van der Waals surface area contributed by atoms with E-state index in [-0.39, 0.29) is 5.91 Å².